The van der Waals surface area contributed by atoms with Gasteiger partial charge in [0, 0.05) is 18.6 Å². The van der Waals surface area contributed by atoms with Crippen molar-refractivity contribution in [3.05, 3.63) is 58.6 Å². The third kappa shape index (κ3) is 2.96. The highest BCUT2D eigenvalue weighted by atomic mass is 35.5. The number of anilines is 2. The van der Waals surface area contributed by atoms with Crippen molar-refractivity contribution in [3.8, 4) is 0 Å². The van der Waals surface area contributed by atoms with E-state index in [-0.39, 0.29) is 0 Å². The Morgan fingerprint density at radius 3 is 2.61 bits per heavy atom. The lowest BCUT2D eigenvalue weighted by atomic mass is 10.1. The molecule has 0 aliphatic carbocycles. The molecule has 2 nitrogen and oxygen atoms in total. The number of nitrogens with zero attached hydrogens (tertiary/aromatic N) is 1. The van der Waals surface area contributed by atoms with Gasteiger partial charge in [0.1, 0.15) is 0 Å². The van der Waals surface area contributed by atoms with E-state index in [2.05, 4.69) is 36.1 Å². The van der Waals surface area contributed by atoms with Gasteiger partial charge in [-0.2, -0.15) is 0 Å². The van der Waals surface area contributed by atoms with E-state index >= 15 is 0 Å². The largest absolute Gasteiger partial charge is 0.397 e. The Bertz CT molecular complexity index is 552. The maximum absolute atomic E-state index is 5.98. The van der Waals surface area contributed by atoms with Crippen LogP contribution in [0.4, 0.5) is 11.4 Å². The fourth-order valence-electron chi connectivity index (χ4n) is 2.04. The van der Waals surface area contributed by atoms with E-state index in [4.69, 9.17) is 17.3 Å². The second-order valence-corrected chi connectivity index (χ2v) is 4.98. The second-order valence-electron chi connectivity index (χ2n) is 4.55. The SMILES string of the molecule is Cc1cccc(CN(C)c2ccc(Cl)cc2N)c1. The van der Waals surface area contributed by atoms with Gasteiger partial charge in [-0.1, -0.05) is 41.4 Å². The Morgan fingerprint density at radius 2 is 1.94 bits per heavy atom. The summed E-state index contributed by atoms with van der Waals surface area (Å²) in [6.07, 6.45) is 0. The highest BCUT2D eigenvalue weighted by Gasteiger charge is 2.06. The molecule has 2 aromatic carbocycles. The molecule has 0 saturated heterocycles. The molecule has 0 spiro atoms. The van der Waals surface area contributed by atoms with Crippen molar-refractivity contribution in [3.63, 3.8) is 0 Å². The van der Waals surface area contributed by atoms with Crippen LogP contribution >= 0.6 is 11.6 Å². The Balaban J connectivity index is 2.19. The topological polar surface area (TPSA) is 29.3 Å². The third-order valence-electron chi connectivity index (χ3n) is 2.90. The maximum atomic E-state index is 5.98. The molecule has 0 unspecified atom stereocenters. The van der Waals surface area contributed by atoms with Crippen molar-refractivity contribution in [2.45, 2.75) is 13.5 Å². The molecular formula is C15H17ClN2. The van der Waals surface area contributed by atoms with Gasteiger partial charge in [0.2, 0.25) is 0 Å². The van der Waals surface area contributed by atoms with Crippen molar-refractivity contribution in [1.29, 1.82) is 0 Å². The van der Waals surface area contributed by atoms with Crippen LogP contribution in [-0.2, 0) is 6.54 Å². The molecule has 0 saturated carbocycles. The minimum Gasteiger partial charge on any atom is -0.397 e. The zero-order chi connectivity index (χ0) is 13.1. The number of halogens is 1. The van der Waals surface area contributed by atoms with Crippen molar-refractivity contribution in [2.75, 3.05) is 17.7 Å². The number of aryl methyl sites for hydroxylation is 1. The molecule has 0 radical (unpaired) electrons. The molecule has 18 heavy (non-hydrogen) atoms. The lowest BCUT2D eigenvalue weighted by molar-refractivity contribution is 0.923. The molecule has 94 valence electrons. The van der Waals surface area contributed by atoms with E-state index in [0.717, 1.165) is 12.2 Å². The van der Waals surface area contributed by atoms with Gasteiger partial charge in [-0.3, -0.25) is 0 Å². The molecule has 0 amide bonds. The lowest BCUT2D eigenvalue weighted by Crippen LogP contribution is -2.17. The summed E-state index contributed by atoms with van der Waals surface area (Å²) < 4.78 is 0. The van der Waals surface area contributed by atoms with Gasteiger partial charge in [0.05, 0.1) is 11.4 Å². The molecule has 0 bridgehead atoms. The Labute approximate surface area is 113 Å². The second kappa shape index (κ2) is 5.32. The molecule has 2 aromatic rings. The Kier molecular flexibility index (Phi) is 3.78. The van der Waals surface area contributed by atoms with Crippen LogP contribution in [0.15, 0.2) is 42.5 Å². The molecule has 0 fully saturated rings. The van der Waals surface area contributed by atoms with Gasteiger partial charge in [0.15, 0.2) is 0 Å². The normalized spacial score (nSPS) is 10.4. The average Bonchev–Trinajstić information content (AvgIpc) is 2.28. The van der Waals surface area contributed by atoms with E-state index in [9.17, 15) is 0 Å². The Hall–Kier alpha value is -1.67. The van der Waals surface area contributed by atoms with Gasteiger partial charge in [-0.25, -0.2) is 0 Å². The molecule has 0 aliphatic heterocycles. The quantitative estimate of drug-likeness (QED) is 0.849. The molecule has 2 N–H and O–H groups in total. The van der Waals surface area contributed by atoms with Crippen LogP contribution in [0.3, 0.4) is 0 Å². The summed E-state index contributed by atoms with van der Waals surface area (Å²) >= 11 is 5.90. The van der Waals surface area contributed by atoms with Gasteiger partial charge in [0.25, 0.3) is 0 Å². The molecule has 0 heterocycles. The van der Waals surface area contributed by atoms with Crippen LogP contribution in [-0.4, -0.2) is 7.05 Å². The zero-order valence-electron chi connectivity index (χ0n) is 10.7. The zero-order valence-corrected chi connectivity index (χ0v) is 11.4. The first-order chi connectivity index (χ1) is 8.56. The Morgan fingerprint density at radius 1 is 1.17 bits per heavy atom. The highest BCUT2D eigenvalue weighted by molar-refractivity contribution is 6.31. The van der Waals surface area contributed by atoms with E-state index in [0.29, 0.717) is 10.7 Å². The summed E-state index contributed by atoms with van der Waals surface area (Å²) in [5.41, 5.74) is 10.2. The van der Waals surface area contributed by atoms with Gasteiger partial charge in [-0.15, -0.1) is 0 Å². The monoisotopic (exact) mass is 260 g/mol. The van der Waals surface area contributed by atoms with Gasteiger partial charge < -0.3 is 10.6 Å². The first-order valence-corrected chi connectivity index (χ1v) is 6.26. The predicted octanol–water partition coefficient (Wildman–Crippen LogP) is 3.87. The molecule has 3 heteroatoms. The molecule has 0 aromatic heterocycles. The lowest BCUT2D eigenvalue weighted by Gasteiger charge is -2.21. The molecule has 0 aliphatic rings. The molecular weight excluding hydrogens is 244 g/mol. The van der Waals surface area contributed by atoms with Crippen LogP contribution in [0.1, 0.15) is 11.1 Å². The van der Waals surface area contributed by atoms with Crippen LogP contribution in [0, 0.1) is 6.92 Å². The smallest absolute Gasteiger partial charge is 0.0601 e. The van der Waals surface area contributed by atoms with Crippen LogP contribution in [0.25, 0.3) is 0 Å². The van der Waals surface area contributed by atoms with Crippen molar-refractivity contribution >= 4 is 23.0 Å². The average molecular weight is 261 g/mol. The third-order valence-corrected chi connectivity index (χ3v) is 3.14. The molecule has 2 rings (SSSR count). The minimum absolute atomic E-state index is 0.667. The predicted molar refractivity (Wildman–Crippen MR) is 79.2 cm³/mol. The first kappa shape index (κ1) is 12.8. The van der Waals surface area contributed by atoms with Gasteiger partial charge in [-0.05, 0) is 30.7 Å². The summed E-state index contributed by atoms with van der Waals surface area (Å²) in [6.45, 7) is 2.92. The van der Waals surface area contributed by atoms with Crippen molar-refractivity contribution in [1.82, 2.24) is 0 Å². The van der Waals surface area contributed by atoms with E-state index in [1.54, 1.807) is 6.07 Å². The summed E-state index contributed by atoms with van der Waals surface area (Å²) in [7, 11) is 2.03. The van der Waals surface area contributed by atoms with Crippen molar-refractivity contribution in [2.24, 2.45) is 0 Å². The first-order valence-electron chi connectivity index (χ1n) is 5.88. The number of hydrogen-bond acceptors (Lipinski definition) is 2. The van der Waals surface area contributed by atoms with E-state index in [1.165, 1.54) is 11.1 Å². The standard InChI is InChI=1S/C15H17ClN2/c1-11-4-3-5-12(8-11)10-18(2)15-7-6-13(16)9-14(15)17/h3-9H,10,17H2,1-2H3. The summed E-state index contributed by atoms with van der Waals surface area (Å²) in [5.74, 6) is 0. The summed E-state index contributed by atoms with van der Waals surface area (Å²) in [5, 5.41) is 0.667. The summed E-state index contributed by atoms with van der Waals surface area (Å²) in [4.78, 5) is 2.13. The number of nitrogen functional groups attached to an aromatic ring is 1. The minimum atomic E-state index is 0.667. The van der Waals surface area contributed by atoms with Crippen LogP contribution < -0.4 is 10.6 Å². The van der Waals surface area contributed by atoms with E-state index < -0.39 is 0 Å². The van der Waals surface area contributed by atoms with Crippen LogP contribution in [0.2, 0.25) is 5.02 Å². The fraction of sp³-hybridized carbons (Fsp3) is 0.200. The number of rotatable bonds is 3. The maximum Gasteiger partial charge on any atom is 0.0601 e. The van der Waals surface area contributed by atoms with Gasteiger partial charge >= 0.3 is 0 Å². The number of benzene rings is 2. The highest BCUT2D eigenvalue weighted by Crippen LogP contribution is 2.26. The van der Waals surface area contributed by atoms with Crippen molar-refractivity contribution < 1.29 is 0 Å². The molecule has 0 atom stereocenters. The number of nitrogens with two attached hydrogens (primary N) is 1. The van der Waals surface area contributed by atoms with Crippen LogP contribution in [0.5, 0.6) is 0 Å². The number of hydrogen-bond donors (Lipinski definition) is 1. The fourth-order valence-corrected chi connectivity index (χ4v) is 2.22. The summed E-state index contributed by atoms with van der Waals surface area (Å²) in [6, 6.07) is 14.1. The van der Waals surface area contributed by atoms with E-state index in [1.807, 2.05) is 19.2 Å².